The van der Waals surface area contributed by atoms with Gasteiger partial charge in [-0.15, -0.1) is 0 Å². The van der Waals surface area contributed by atoms with Crippen molar-refractivity contribution in [1.29, 1.82) is 0 Å². The normalized spacial score (nSPS) is 10.5. The van der Waals surface area contributed by atoms with Crippen molar-refractivity contribution in [3.8, 4) is 11.5 Å². The van der Waals surface area contributed by atoms with Gasteiger partial charge in [-0.2, -0.15) is 0 Å². The third-order valence-electron chi connectivity index (χ3n) is 3.77. The fraction of sp³-hybridized carbons (Fsp3) is 0.316. The Morgan fingerprint density at radius 1 is 1.00 bits per heavy atom. The van der Waals surface area contributed by atoms with Crippen molar-refractivity contribution in [2.45, 2.75) is 12.8 Å². The Bertz CT molecular complexity index is 754. The van der Waals surface area contributed by atoms with Gasteiger partial charge in [0.25, 0.3) is 0 Å². The van der Waals surface area contributed by atoms with Crippen LogP contribution < -0.4 is 20.1 Å². The van der Waals surface area contributed by atoms with Crippen LogP contribution in [0.5, 0.6) is 11.5 Å². The van der Waals surface area contributed by atoms with Crippen LogP contribution in [-0.4, -0.2) is 33.2 Å². The minimum atomic E-state index is -0.118. The summed E-state index contributed by atoms with van der Waals surface area (Å²) in [6.07, 6.45) is 1.16. The van der Waals surface area contributed by atoms with Crippen LogP contribution in [0.4, 0.5) is 5.69 Å². The summed E-state index contributed by atoms with van der Waals surface area (Å²) in [7, 11) is 3.23. The molecular formula is C19H22Cl2N2O3. The topological polar surface area (TPSA) is 59.6 Å². The van der Waals surface area contributed by atoms with Crippen LogP contribution in [0.2, 0.25) is 10.0 Å². The van der Waals surface area contributed by atoms with E-state index >= 15 is 0 Å². The molecule has 0 spiro atoms. The maximum Gasteiger partial charge on any atom is 0.225 e. The summed E-state index contributed by atoms with van der Waals surface area (Å²) in [5.41, 5.74) is 1.65. The van der Waals surface area contributed by atoms with Gasteiger partial charge in [0, 0.05) is 18.0 Å². The molecule has 2 N–H and O–H groups in total. The highest BCUT2D eigenvalue weighted by molar-refractivity contribution is 6.35. The zero-order valence-corrected chi connectivity index (χ0v) is 16.3. The summed E-state index contributed by atoms with van der Waals surface area (Å²) < 4.78 is 10.5. The largest absolute Gasteiger partial charge is 0.493 e. The number of carbonyl (C=O) groups is 1. The predicted octanol–water partition coefficient (Wildman–Crippen LogP) is 4.17. The van der Waals surface area contributed by atoms with Crippen molar-refractivity contribution in [2.24, 2.45) is 0 Å². The average molecular weight is 397 g/mol. The predicted molar refractivity (Wildman–Crippen MR) is 106 cm³/mol. The fourth-order valence-electron chi connectivity index (χ4n) is 2.40. The fourth-order valence-corrected chi connectivity index (χ4v) is 2.74. The molecule has 2 rings (SSSR count). The molecule has 0 aromatic heterocycles. The van der Waals surface area contributed by atoms with Gasteiger partial charge in [-0.25, -0.2) is 0 Å². The molecular weight excluding hydrogens is 375 g/mol. The van der Waals surface area contributed by atoms with Crippen molar-refractivity contribution in [2.75, 3.05) is 32.6 Å². The van der Waals surface area contributed by atoms with E-state index in [1.54, 1.807) is 32.4 Å². The van der Waals surface area contributed by atoms with E-state index in [1.165, 1.54) is 0 Å². The van der Waals surface area contributed by atoms with Crippen molar-refractivity contribution < 1.29 is 14.3 Å². The molecule has 5 nitrogen and oxygen atoms in total. The summed E-state index contributed by atoms with van der Waals surface area (Å²) in [6, 6.07) is 10.8. The highest BCUT2D eigenvalue weighted by Gasteiger charge is 2.07. The number of rotatable bonds is 9. The molecule has 0 aliphatic heterocycles. The molecule has 0 atom stereocenters. The number of anilines is 1. The molecule has 0 aliphatic rings. The number of methoxy groups -OCH3 is 2. The SMILES string of the molecule is COc1ccc(CCNCCC(=O)Nc2cc(Cl)ccc2Cl)cc1OC. The molecule has 7 heteroatoms. The number of halogens is 2. The Hall–Kier alpha value is -1.95. The number of hydrogen-bond acceptors (Lipinski definition) is 4. The van der Waals surface area contributed by atoms with E-state index in [9.17, 15) is 4.79 Å². The van der Waals surface area contributed by atoms with E-state index in [-0.39, 0.29) is 5.91 Å². The second-order valence-electron chi connectivity index (χ2n) is 5.61. The summed E-state index contributed by atoms with van der Waals surface area (Å²) in [5.74, 6) is 1.30. The first-order valence-electron chi connectivity index (χ1n) is 8.20. The Morgan fingerprint density at radius 3 is 2.50 bits per heavy atom. The van der Waals surface area contributed by atoms with Gasteiger partial charge in [0.05, 0.1) is 24.9 Å². The van der Waals surface area contributed by atoms with Crippen LogP contribution in [-0.2, 0) is 11.2 Å². The van der Waals surface area contributed by atoms with Crippen molar-refractivity contribution in [3.63, 3.8) is 0 Å². The standard InChI is InChI=1S/C19H22Cl2N2O3/c1-25-17-6-3-13(11-18(17)26-2)7-9-22-10-8-19(24)23-16-12-14(20)4-5-15(16)21/h3-6,11-12,22H,7-10H2,1-2H3,(H,23,24). The Balaban J connectivity index is 1.72. The number of carbonyl (C=O) groups excluding carboxylic acids is 1. The molecule has 0 unspecified atom stereocenters. The molecule has 0 saturated heterocycles. The van der Waals surface area contributed by atoms with Crippen LogP contribution in [0.25, 0.3) is 0 Å². The van der Waals surface area contributed by atoms with Crippen LogP contribution in [0.15, 0.2) is 36.4 Å². The second kappa shape index (κ2) is 10.3. The maximum atomic E-state index is 12.0. The van der Waals surface area contributed by atoms with Gasteiger partial charge < -0.3 is 20.1 Å². The molecule has 0 radical (unpaired) electrons. The molecule has 1 amide bonds. The lowest BCUT2D eigenvalue weighted by molar-refractivity contribution is -0.116. The van der Waals surface area contributed by atoms with E-state index in [1.807, 2.05) is 18.2 Å². The first kappa shape index (κ1) is 20.4. The quantitative estimate of drug-likeness (QED) is 0.624. The highest BCUT2D eigenvalue weighted by atomic mass is 35.5. The summed E-state index contributed by atoms with van der Waals surface area (Å²) in [5, 5.41) is 7.00. The Morgan fingerprint density at radius 2 is 1.77 bits per heavy atom. The summed E-state index contributed by atoms with van der Waals surface area (Å²) >= 11 is 11.9. The number of amides is 1. The van der Waals surface area contributed by atoms with Crippen LogP contribution in [0.3, 0.4) is 0 Å². The van der Waals surface area contributed by atoms with Gasteiger partial charge in [0.2, 0.25) is 5.91 Å². The van der Waals surface area contributed by atoms with E-state index < -0.39 is 0 Å². The second-order valence-corrected chi connectivity index (χ2v) is 6.46. The third-order valence-corrected chi connectivity index (χ3v) is 4.33. The number of hydrogen-bond donors (Lipinski definition) is 2. The molecule has 0 saturated carbocycles. The van der Waals surface area contributed by atoms with E-state index in [4.69, 9.17) is 32.7 Å². The van der Waals surface area contributed by atoms with E-state index in [0.717, 1.165) is 18.5 Å². The molecule has 2 aromatic carbocycles. The first-order chi connectivity index (χ1) is 12.5. The van der Waals surface area contributed by atoms with Gasteiger partial charge in [-0.1, -0.05) is 29.3 Å². The molecule has 140 valence electrons. The molecule has 0 aliphatic carbocycles. The maximum absolute atomic E-state index is 12.0. The number of nitrogens with one attached hydrogen (secondary N) is 2. The molecule has 26 heavy (non-hydrogen) atoms. The van der Waals surface area contributed by atoms with Gasteiger partial charge in [0.1, 0.15) is 0 Å². The highest BCUT2D eigenvalue weighted by Crippen LogP contribution is 2.27. The zero-order valence-electron chi connectivity index (χ0n) is 14.8. The van der Waals surface area contributed by atoms with E-state index in [2.05, 4.69) is 10.6 Å². The van der Waals surface area contributed by atoms with Crippen LogP contribution >= 0.6 is 23.2 Å². The minimum absolute atomic E-state index is 0.118. The van der Waals surface area contributed by atoms with Gasteiger partial charge >= 0.3 is 0 Å². The number of ether oxygens (including phenoxy) is 2. The summed E-state index contributed by atoms with van der Waals surface area (Å²) in [4.78, 5) is 12.0. The van der Waals surface area contributed by atoms with Crippen LogP contribution in [0, 0.1) is 0 Å². The zero-order chi connectivity index (χ0) is 18.9. The lowest BCUT2D eigenvalue weighted by Gasteiger charge is -2.10. The number of benzene rings is 2. The molecule has 0 fully saturated rings. The Labute approximate surface area is 163 Å². The van der Waals surface area contributed by atoms with Gasteiger partial charge in [-0.3, -0.25) is 4.79 Å². The monoisotopic (exact) mass is 396 g/mol. The van der Waals surface area contributed by atoms with Crippen molar-refractivity contribution in [1.82, 2.24) is 5.32 Å². The first-order valence-corrected chi connectivity index (χ1v) is 8.95. The minimum Gasteiger partial charge on any atom is -0.493 e. The van der Waals surface area contributed by atoms with Gasteiger partial charge in [0.15, 0.2) is 11.5 Å². The third kappa shape index (κ3) is 6.09. The lowest BCUT2D eigenvalue weighted by atomic mass is 10.1. The Kier molecular flexibility index (Phi) is 8.04. The lowest BCUT2D eigenvalue weighted by Crippen LogP contribution is -2.23. The molecule has 0 bridgehead atoms. The average Bonchev–Trinajstić information content (AvgIpc) is 2.64. The van der Waals surface area contributed by atoms with E-state index in [0.29, 0.717) is 40.2 Å². The van der Waals surface area contributed by atoms with Crippen molar-refractivity contribution in [3.05, 3.63) is 52.0 Å². The van der Waals surface area contributed by atoms with Gasteiger partial charge in [-0.05, 0) is 48.9 Å². The summed E-state index contributed by atoms with van der Waals surface area (Å²) in [6.45, 7) is 1.32. The molecule has 0 heterocycles. The van der Waals surface area contributed by atoms with Crippen LogP contribution in [0.1, 0.15) is 12.0 Å². The molecule has 2 aromatic rings. The van der Waals surface area contributed by atoms with Crippen molar-refractivity contribution >= 4 is 34.8 Å². The smallest absolute Gasteiger partial charge is 0.225 e.